The van der Waals surface area contributed by atoms with Crippen molar-refractivity contribution in [3.05, 3.63) is 59.8 Å². The molecule has 4 aromatic rings. The fraction of sp³-hybridized carbons (Fsp3) is 0.452. The lowest BCUT2D eigenvalue weighted by atomic mass is 9.83. The van der Waals surface area contributed by atoms with Gasteiger partial charge in [0, 0.05) is 22.5 Å². The lowest BCUT2D eigenvalue weighted by Crippen LogP contribution is -2.08. The van der Waals surface area contributed by atoms with E-state index in [-0.39, 0.29) is 5.41 Å². The van der Waals surface area contributed by atoms with Crippen LogP contribution in [0.25, 0.3) is 33.2 Å². The fourth-order valence-electron chi connectivity index (χ4n) is 6.16. The first kappa shape index (κ1) is 22.2. The summed E-state index contributed by atoms with van der Waals surface area (Å²) in [5, 5.41) is 2.43. The third-order valence-electron chi connectivity index (χ3n) is 8.71. The van der Waals surface area contributed by atoms with Crippen molar-refractivity contribution in [3.8, 4) is 11.3 Å². The molecule has 2 atom stereocenters. The van der Waals surface area contributed by atoms with Gasteiger partial charge in [-0.1, -0.05) is 45.2 Å². The van der Waals surface area contributed by atoms with Crippen LogP contribution in [-0.4, -0.2) is 23.8 Å². The molecule has 2 unspecified atom stereocenters. The molecule has 2 aliphatic rings. The second kappa shape index (κ2) is 7.88. The Hall–Kier alpha value is -2.26. The molecule has 6 rings (SSSR count). The van der Waals surface area contributed by atoms with Crippen molar-refractivity contribution < 1.29 is 4.42 Å². The molecule has 2 nitrogen and oxygen atoms in total. The molecule has 2 aromatic heterocycles. The zero-order valence-corrected chi connectivity index (χ0v) is 22.1. The molecule has 0 aliphatic heterocycles. The highest BCUT2D eigenvalue weighted by Gasteiger charge is 2.49. The summed E-state index contributed by atoms with van der Waals surface area (Å²) in [5.41, 5.74) is 7.39. The Bertz CT molecular complexity index is 1390. The maximum absolute atomic E-state index is 6.73. The van der Waals surface area contributed by atoms with E-state index in [1.807, 2.05) is 6.20 Å². The molecule has 3 heteroatoms. The van der Waals surface area contributed by atoms with E-state index in [1.54, 1.807) is 0 Å². The quantitative estimate of drug-likeness (QED) is 0.297. The highest BCUT2D eigenvalue weighted by molar-refractivity contribution is 8.32. The Labute approximate surface area is 205 Å². The molecule has 0 spiro atoms. The maximum Gasteiger partial charge on any atom is 0.145 e. The normalized spacial score (nSPS) is 24.1. The topological polar surface area (TPSA) is 26.0 Å². The lowest BCUT2D eigenvalue weighted by molar-refractivity contribution is 0.443. The Balaban J connectivity index is 1.58. The van der Waals surface area contributed by atoms with Crippen LogP contribution in [0.3, 0.4) is 0 Å². The van der Waals surface area contributed by atoms with Gasteiger partial charge in [-0.25, -0.2) is 10.0 Å². The van der Waals surface area contributed by atoms with E-state index in [4.69, 9.17) is 9.40 Å². The molecule has 0 radical (unpaired) electrons. The van der Waals surface area contributed by atoms with Gasteiger partial charge in [-0.05, 0) is 102 Å². The molecule has 2 aromatic carbocycles. The van der Waals surface area contributed by atoms with Crippen LogP contribution in [0, 0.1) is 5.92 Å². The minimum atomic E-state index is -0.813. The highest BCUT2D eigenvalue weighted by Crippen LogP contribution is 2.57. The molecule has 34 heavy (non-hydrogen) atoms. The smallest absolute Gasteiger partial charge is 0.145 e. The minimum absolute atomic E-state index is 0.200. The lowest BCUT2D eigenvalue weighted by Gasteiger charge is -2.25. The van der Waals surface area contributed by atoms with Crippen LogP contribution in [0.5, 0.6) is 0 Å². The van der Waals surface area contributed by atoms with Gasteiger partial charge in [0.15, 0.2) is 0 Å². The molecule has 0 bridgehead atoms. The molecule has 0 amide bonds. The molecule has 2 saturated carbocycles. The van der Waals surface area contributed by atoms with Gasteiger partial charge in [-0.3, -0.25) is 4.98 Å². The SMILES string of the molecule is CC1CC1(C)c1ccc2c(oc3cc(S(C)(C)C)ccc32)c1-c1cc(C2CCCCC2)ccn1. The highest BCUT2D eigenvalue weighted by atomic mass is 32.3. The Kier molecular flexibility index (Phi) is 5.15. The van der Waals surface area contributed by atoms with Crippen LogP contribution in [0.2, 0.25) is 0 Å². The van der Waals surface area contributed by atoms with E-state index in [9.17, 15) is 0 Å². The molecule has 178 valence electrons. The maximum atomic E-state index is 6.73. The van der Waals surface area contributed by atoms with E-state index in [0.717, 1.165) is 16.9 Å². The Morgan fingerprint density at radius 1 is 0.941 bits per heavy atom. The molecular weight excluding hydrogens is 434 g/mol. The van der Waals surface area contributed by atoms with Gasteiger partial charge >= 0.3 is 0 Å². The summed E-state index contributed by atoms with van der Waals surface area (Å²) in [7, 11) is -0.813. The van der Waals surface area contributed by atoms with Gasteiger partial charge in [0.25, 0.3) is 0 Å². The van der Waals surface area contributed by atoms with E-state index >= 15 is 0 Å². The first-order chi connectivity index (χ1) is 16.3. The molecule has 0 saturated heterocycles. The van der Waals surface area contributed by atoms with Crippen LogP contribution >= 0.6 is 10.0 Å². The second-order valence-corrected chi connectivity index (χ2v) is 15.9. The predicted molar refractivity (Wildman–Crippen MR) is 148 cm³/mol. The van der Waals surface area contributed by atoms with Gasteiger partial charge < -0.3 is 4.42 Å². The van der Waals surface area contributed by atoms with Crippen molar-refractivity contribution in [1.29, 1.82) is 0 Å². The van der Waals surface area contributed by atoms with Crippen LogP contribution in [0.15, 0.2) is 58.0 Å². The molecule has 2 heterocycles. The summed E-state index contributed by atoms with van der Waals surface area (Å²) in [4.78, 5) is 6.34. The van der Waals surface area contributed by atoms with E-state index in [2.05, 4.69) is 75.1 Å². The second-order valence-electron chi connectivity index (χ2n) is 11.8. The van der Waals surface area contributed by atoms with Gasteiger partial charge in [0.1, 0.15) is 11.2 Å². The zero-order valence-electron chi connectivity index (χ0n) is 21.3. The summed E-state index contributed by atoms with van der Waals surface area (Å²) in [6.45, 7) is 4.79. The third-order valence-corrected chi connectivity index (χ3v) is 10.4. The number of benzene rings is 2. The first-order valence-corrected chi connectivity index (χ1v) is 15.8. The van der Waals surface area contributed by atoms with Crippen molar-refractivity contribution in [3.63, 3.8) is 0 Å². The number of nitrogens with zero attached hydrogens (tertiary/aromatic N) is 1. The summed E-state index contributed by atoms with van der Waals surface area (Å²) < 4.78 is 6.73. The largest absolute Gasteiger partial charge is 0.455 e. The van der Waals surface area contributed by atoms with Gasteiger partial charge in [-0.2, -0.15) is 0 Å². The molecule has 2 fully saturated rings. The molecular formula is C31H37NOS. The number of hydrogen-bond donors (Lipinski definition) is 0. The van der Waals surface area contributed by atoms with Gasteiger partial charge in [0.05, 0.1) is 5.69 Å². The minimum Gasteiger partial charge on any atom is -0.455 e. The summed E-state index contributed by atoms with van der Waals surface area (Å²) >= 11 is 0. The van der Waals surface area contributed by atoms with Crippen molar-refractivity contribution in [2.24, 2.45) is 5.92 Å². The number of pyridine rings is 1. The van der Waals surface area contributed by atoms with Gasteiger partial charge in [0.2, 0.25) is 0 Å². The first-order valence-electron chi connectivity index (χ1n) is 12.9. The number of hydrogen-bond acceptors (Lipinski definition) is 2. The Morgan fingerprint density at radius 3 is 2.38 bits per heavy atom. The average Bonchev–Trinajstić information content (AvgIpc) is 3.28. The van der Waals surface area contributed by atoms with Crippen LogP contribution in [0.4, 0.5) is 0 Å². The third kappa shape index (κ3) is 3.59. The summed E-state index contributed by atoms with van der Waals surface area (Å²) in [6.07, 6.45) is 17.0. The van der Waals surface area contributed by atoms with Crippen molar-refractivity contribution in [2.75, 3.05) is 18.8 Å². The van der Waals surface area contributed by atoms with Crippen molar-refractivity contribution >= 4 is 32.0 Å². The standard InChI is InChI=1S/C31H37NOS/c1-20-19-31(20,2)26-14-13-25-24-12-11-23(34(3,4)5)18-28(24)33-30(25)29(26)27-17-22(15-16-32-27)21-9-7-6-8-10-21/h11-18,20-21H,6-10,19H2,1-5H3. The van der Waals surface area contributed by atoms with Crippen molar-refractivity contribution in [1.82, 2.24) is 4.98 Å². The van der Waals surface area contributed by atoms with Crippen LogP contribution in [0.1, 0.15) is 69.4 Å². The average molecular weight is 472 g/mol. The van der Waals surface area contributed by atoms with Crippen LogP contribution < -0.4 is 0 Å². The number of aromatic nitrogens is 1. The van der Waals surface area contributed by atoms with E-state index in [0.29, 0.717) is 11.8 Å². The molecule has 0 N–H and O–H groups in total. The predicted octanol–water partition coefficient (Wildman–Crippen LogP) is 9.05. The number of rotatable bonds is 4. The van der Waals surface area contributed by atoms with E-state index in [1.165, 1.54) is 70.9 Å². The zero-order chi connectivity index (χ0) is 23.7. The number of fused-ring (bicyclic) bond motifs is 3. The van der Waals surface area contributed by atoms with E-state index < -0.39 is 10.0 Å². The Morgan fingerprint density at radius 2 is 1.68 bits per heavy atom. The summed E-state index contributed by atoms with van der Waals surface area (Å²) in [5.74, 6) is 1.35. The van der Waals surface area contributed by atoms with Crippen LogP contribution in [-0.2, 0) is 5.41 Å². The van der Waals surface area contributed by atoms with Gasteiger partial charge in [-0.15, -0.1) is 0 Å². The van der Waals surface area contributed by atoms with Crippen molar-refractivity contribution in [2.45, 2.75) is 68.6 Å². The monoisotopic (exact) mass is 471 g/mol. The fourth-order valence-corrected chi connectivity index (χ4v) is 7.09. The summed E-state index contributed by atoms with van der Waals surface area (Å²) in [6, 6.07) is 16.1. The molecule has 2 aliphatic carbocycles. The number of furan rings is 1.